The Balaban J connectivity index is 2.14. The highest BCUT2D eigenvalue weighted by atomic mass is 16.5. The van der Waals surface area contributed by atoms with Crippen LogP contribution in [0.3, 0.4) is 0 Å². The Morgan fingerprint density at radius 2 is 2.15 bits per heavy atom. The zero-order valence-corrected chi connectivity index (χ0v) is 12.6. The minimum Gasteiger partial charge on any atom is -0.475 e. The molecule has 1 aromatic rings. The second-order valence-corrected chi connectivity index (χ2v) is 5.64. The van der Waals surface area contributed by atoms with Crippen molar-refractivity contribution in [1.29, 1.82) is 0 Å². The lowest BCUT2D eigenvalue weighted by Gasteiger charge is -2.29. The van der Waals surface area contributed by atoms with E-state index in [1.165, 1.54) is 25.7 Å². The molecule has 1 fully saturated rings. The third-order valence-corrected chi connectivity index (χ3v) is 3.60. The molecule has 0 saturated heterocycles. The monoisotopic (exact) mass is 278 g/mol. The molecular formula is C15H26N4O. The second-order valence-electron chi connectivity index (χ2n) is 5.64. The molecule has 1 heterocycles. The summed E-state index contributed by atoms with van der Waals surface area (Å²) in [6.07, 6.45) is 7.92. The van der Waals surface area contributed by atoms with E-state index in [0.29, 0.717) is 18.5 Å². The van der Waals surface area contributed by atoms with Crippen LogP contribution in [0.15, 0.2) is 12.3 Å². The Kier molecular flexibility index (Phi) is 5.59. The molecule has 20 heavy (non-hydrogen) atoms. The summed E-state index contributed by atoms with van der Waals surface area (Å²) in [7, 11) is 0. The Hall–Kier alpha value is -1.36. The molecule has 5 nitrogen and oxygen atoms in total. The van der Waals surface area contributed by atoms with E-state index in [1.54, 1.807) is 6.20 Å². The first-order valence-electron chi connectivity index (χ1n) is 7.67. The fourth-order valence-electron chi connectivity index (χ4n) is 2.70. The van der Waals surface area contributed by atoms with E-state index in [4.69, 9.17) is 10.5 Å². The van der Waals surface area contributed by atoms with Crippen LogP contribution >= 0.6 is 0 Å². The second kappa shape index (κ2) is 7.43. The molecule has 0 aliphatic heterocycles. The van der Waals surface area contributed by atoms with Gasteiger partial charge < -0.3 is 15.4 Å². The summed E-state index contributed by atoms with van der Waals surface area (Å²) >= 11 is 0. The maximum absolute atomic E-state index is 5.67. The molecule has 0 atom stereocenters. The van der Waals surface area contributed by atoms with Gasteiger partial charge in [-0.3, -0.25) is 0 Å². The molecule has 1 aromatic heterocycles. The van der Waals surface area contributed by atoms with Gasteiger partial charge in [-0.05, 0) is 39.7 Å². The highest BCUT2D eigenvalue weighted by Crippen LogP contribution is 2.27. The average molecular weight is 278 g/mol. The summed E-state index contributed by atoms with van der Waals surface area (Å²) in [5.74, 6) is 1.43. The molecule has 0 bridgehead atoms. The van der Waals surface area contributed by atoms with Gasteiger partial charge in [-0.1, -0.05) is 12.8 Å². The molecule has 0 unspecified atom stereocenters. The summed E-state index contributed by atoms with van der Waals surface area (Å²) in [6.45, 7) is 5.63. The smallest absolute Gasteiger partial charge is 0.228 e. The third-order valence-electron chi connectivity index (χ3n) is 3.60. The summed E-state index contributed by atoms with van der Waals surface area (Å²) in [6, 6.07) is 2.37. The number of ether oxygens (including phenoxy) is 1. The van der Waals surface area contributed by atoms with Crippen LogP contribution in [0.2, 0.25) is 0 Å². The van der Waals surface area contributed by atoms with E-state index >= 15 is 0 Å². The largest absolute Gasteiger partial charge is 0.475 e. The SMILES string of the molecule is CC(C)Oc1ccnc(N(CCCN)C2CCCC2)n1. The molecule has 1 aliphatic carbocycles. The third kappa shape index (κ3) is 4.07. The van der Waals surface area contributed by atoms with Crippen LogP contribution < -0.4 is 15.4 Å². The first-order chi connectivity index (χ1) is 9.70. The van der Waals surface area contributed by atoms with Crippen LogP contribution in [-0.4, -0.2) is 35.2 Å². The molecule has 5 heteroatoms. The average Bonchev–Trinajstić information content (AvgIpc) is 2.93. The van der Waals surface area contributed by atoms with Crippen molar-refractivity contribution in [2.45, 2.75) is 58.1 Å². The van der Waals surface area contributed by atoms with Gasteiger partial charge in [0.05, 0.1) is 6.10 Å². The molecule has 2 N–H and O–H groups in total. The molecule has 1 saturated carbocycles. The van der Waals surface area contributed by atoms with Gasteiger partial charge in [-0.25, -0.2) is 4.98 Å². The molecule has 1 aliphatic rings. The number of rotatable bonds is 7. The summed E-state index contributed by atoms with van der Waals surface area (Å²) < 4.78 is 5.67. The van der Waals surface area contributed by atoms with Crippen molar-refractivity contribution in [2.75, 3.05) is 18.0 Å². The Labute approximate surface area is 121 Å². The van der Waals surface area contributed by atoms with Crippen LogP contribution in [0.4, 0.5) is 5.95 Å². The van der Waals surface area contributed by atoms with Gasteiger partial charge in [-0.15, -0.1) is 0 Å². The highest BCUT2D eigenvalue weighted by Gasteiger charge is 2.24. The summed E-state index contributed by atoms with van der Waals surface area (Å²) in [4.78, 5) is 11.3. The van der Waals surface area contributed by atoms with Crippen molar-refractivity contribution in [3.63, 3.8) is 0 Å². The zero-order valence-electron chi connectivity index (χ0n) is 12.6. The molecule has 0 radical (unpaired) electrons. The van der Waals surface area contributed by atoms with Gasteiger partial charge in [0, 0.05) is 24.8 Å². The predicted molar refractivity (Wildman–Crippen MR) is 81.1 cm³/mol. The lowest BCUT2D eigenvalue weighted by Crippen LogP contribution is -2.36. The fourth-order valence-corrected chi connectivity index (χ4v) is 2.70. The van der Waals surface area contributed by atoms with Crippen molar-refractivity contribution >= 4 is 5.95 Å². The maximum atomic E-state index is 5.67. The van der Waals surface area contributed by atoms with E-state index in [1.807, 2.05) is 19.9 Å². The summed E-state index contributed by atoms with van der Waals surface area (Å²) in [5.41, 5.74) is 5.66. The van der Waals surface area contributed by atoms with Gasteiger partial charge in [0.2, 0.25) is 11.8 Å². The number of anilines is 1. The topological polar surface area (TPSA) is 64.3 Å². The van der Waals surface area contributed by atoms with Crippen molar-refractivity contribution in [3.05, 3.63) is 12.3 Å². The van der Waals surface area contributed by atoms with Gasteiger partial charge in [-0.2, -0.15) is 4.98 Å². The van der Waals surface area contributed by atoms with Crippen LogP contribution in [-0.2, 0) is 0 Å². The molecule has 2 rings (SSSR count). The van der Waals surface area contributed by atoms with E-state index < -0.39 is 0 Å². The first-order valence-corrected chi connectivity index (χ1v) is 7.67. The Morgan fingerprint density at radius 3 is 2.80 bits per heavy atom. The lowest BCUT2D eigenvalue weighted by atomic mass is 10.2. The minimum absolute atomic E-state index is 0.127. The first kappa shape index (κ1) is 15.0. The number of hydrogen-bond acceptors (Lipinski definition) is 5. The van der Waals surface area contributed by atoms with Gasteiger partial charge in [0.1, 0.15) is 0 Å². The Bertz CT molecular complexity index is 405. The molecule has 0 aromatic carbocycles. The molecule has 0 amide bonds. The Morgan fingerprint density at radius 1 is 1.40 bits per heavy atom. The van der Waals surface area contributed by atoms with Crippen molar-refractivity contribution in [2.24, 2.45) is 5.73 Å². The molecular weight excluding hydrogens is 252 g/mol. The van der Waals surface area contributed by atoms with Crippen LogP contribution in [0, 0.1) is 0 Å². The van der Waals surface area contributed by atoms with Crippen LogP contribution in [0.25, 0.3) is 0 Å². The van der Waals surface area contributed by atoms with Crippen LogP contribution in [0.1, 0.15) is 46.0 Å². The number of nitrogens with zero attached hydrogens (tertiary/aromatic N) is 3. The van der Waals surface area contributed by atoms with Gasteiger partial charge >= 0.3 is 0 Å². The standard InChI is InChI=1S/C15H26N4O/c1-12(2)20-14-8-10-17-15(18-14)19(11-5-9-16)13-6-3-4-7-13/h8,10,12-13H,3-7,9,11,16H2,1-2H3. The van der Waals surface area contributed by atoms with E-state index in [2.05, 4.69) is 14.9 Å². The number of aromatic nitrogens is 2. The van der Waals surface area contributed by atoms with E-state index in [0.717, 1.165) is 18.9 Å². The number of hydrogen-bond donors (Lipinski definition) is 1. The van der Waals surface area contributed by atoms with Gasteiger partial charge in [0.25, 0.3) is 0 Å². The molecule has 0 spiro atoms. The minimum atomic E-state index is 0.127. The van der Waals surface area contributed by atoms with Crippen molar-refractivity contribution in [3.8, 4) is 5.88 Å². The molecule has 112 valence electrons. The van der Waals surface area contributed by atoms with E-state index in [9.17, 15) is 0 Å². The normalized spacial score (nSPS) is 15.8. The van der Waals surface area contributed by atoms with Gasteiger partial charge in [0.15, 0.2) is 0 Å². The lowest BCUT2D eigenvalue weighted by molar-refractivity contribution is 0.232. The summed E-state index contributed by atoms with van der Waals surface area (Å²) in [5, 5.41) is 0. The predicted octanol–water partition coefficient (Wildman–Crippen LogP) is 2.36. The fraction of sp³-hybridized carbons (Fsp3) is 0.733. The maximum Gasteiger partial charge on any atom is 0.228 e. The quantitative estimate of drug-likeness (QED) is 0.829. The van der Waals surface area contributed by atoms with Crippen molar-refractivity contribution < 1.29 is 4.74 Å². The van der Waals surface area contributed by atoms with E-state index in [-0.39, 0.29) is 6.10 Å². The highest BCUT2D eigenvalue weighted by molar-refractivity contribution is 5.34. The number of nitrogens with two attached hydrogens (primary N) is 1. The van der Waals surface area contributed by atoms with Crippen LogP contribution in [0.5, 0.6) is 5.88 Å². The van der Waals surface area contributed by atoms with Crippen molar-refractivity contribution in [1.82, 2.24) is 9.97 Å². The zero-order chi connectivity index (χ0) is 14.4.